The quantitative estimate of drug-likeness (QED) is 0.523. The molecule has 1 rings (SSSR count). The lowest BCUT2D eigenvalue weighted by atomic mass is 10.0. The van der Waals surface area contributed by atoms with Gasteiger partial charge in [0.05, 0.1) is 6.10 Å². The second-order valence-corrected chi connectivity index (χ2v) is 6.47. The zero-order valence-electron chi connectivity index (χ0n) is 14.7. The minimum Gasteiger partial charge on any atom is -0.480 e. The minimum absolute atomic E-state index is 0.129. The van der Waals surface area contributed by atoms with Gasteiger partial charge in [0.1, 0.15) is 6.04 Å². The maximum atomic E-state index is 12.5. The zero-order chi connectivity index (χ0) is 19.0. The van der Waals surface area contributed by atoms with Crippen molar-refractivity contribution in [1.82, 2.24) is 10.6 Å². The average molecular weight is 350 g/mol. The summed E-state index contributed by atoms with van der Waals surface area (Å²) in [5, 5.41) is 23.6. The van der Waals surface area contributed by atoms with Gasteiger partial charge in [0.25, 0.3) is 0 Å². The fourth-order valence-corrected chi connectivity index (χ4v) is 2.33. The largest absolute Gasteiger partial charge is 0.480 e. The monoisotopic (exact) mass is 350 g/mol. The number of rotatable bonds is 9. The van der Waals surface area contributed by atoms with Crippen molar-refractivity contribution >= 4 is 17.8 Å². The Hall–Kier alpha value is -2.41. The van der Waals surface area contributed by atoms with E-state index in [0.29, 0.717) is 0 Å². The third kappa shape index (κ3) is 7.34. The van der Waals surface area contributed by atoms with Crippen LogP contribution in [-0.2, 0) is 20.8 Å². The first-order chi connectivity index (χ1) is 11.7. The number of carboxylic acid groups (broad SMARTS) is 1. The molecule has 7 nitrogen and oxygen atoms in total. The standard InChI is InChI=1S/C18H26N2O5/c1-11(2)9-15(22)19-14(10-13-7-5-4-6-8-13)17(23)20-16(12(3)21)18(24)25/h4-8,11-12,14,16,21H,9-10H2,1-3H3,(H,19,22)(H,20,23)(H,24,25)/t12?,14-,16-/m0/s1. The molecule has 0 bridgehead atoms. The lowest BCUT2D eigenvalue weighted by Gasteiger charge is -2.23. The summed E-state index contributed by atoms with van der Waals surface area (Å²) < 4.78 is 0. The third-order valence-electron chi connectivity index (χ3n) is 3.57. The molecule has 4 N–H and O–H groups in total. The van der Waals surface area contributed by atoms with Crippen LogP contribution in [0.1, 0.15) is 32.8 Å². The van der Waals surface area contributed by atoms with Crippen molar-refractivity contribution in [2.45, 2.75) is 51.8 Å². The molecule has 0 spiro atoms. The molecule has 0 saturated carbocycles. The molecule has 3 atom stereocenters. The van der Waals surface area contributed by atoms with Crippen LogP contribution in [0.15, 0.2) is 30.3 Å². The number of benzene rings is 1. The van der Waals surface area contributed by atoms with Crippen molar-refractivity contribution in [3.8, 4) is 0 Å². The Kier molecular flexibility index (Phi) is 8.07. The zero-order valence-corrected chi connectivity index (χ0v) is 14.7. The normalized spacial score (nSPS) is 14.4. The van der Waals surface area contributed by atoms with E-state index in [1.807, 2.05) is 44.2 Å². The summed E-state index contributed by atoms with van der Waals surface area (Å²) in [7, 11) is 0. The van der Waals surface area contributed by atoms with Crippen LogP contribution in [0, 0.1) is 5.92 Å². The van der Waals surface area contributed by atoms with E-state index >= 15 is 0 Å². The molecular formula is C18H26N2O5. The second kappa shape index (κ2) is 9.78. The topological polar surface area (TPSA) is 116 Å². The number of nitrogens with one attached hydrogen (secondary N) is 2. The number of hydrogen-bond acceptors (Lipinski definition) is 4. The van der Waals surface area contributed by atoms with Crippen molar-refractivity contribution in [1.29, 1.82) is 0 Å². The fraction of sp³-hybridized carbons (Fsp3) is 0.500. The van der Waals surface area contributed by atoms with E-state index in [0.717, 1.165) is 5.56 Å². The highest BCUT2D eigenvalue weighted by Crippen LogP contribution is 2.06. The van der Waals surface area contributed by atoms with Crippen molar-refractivity contribution in [2.75, 3.05) is 0 Å². The second-order valence-electron chi connectivity index (χ2n) is 6.47. The van der Waals surface area contributed by atoms with Gasteiger partial charge < -0.3 is 20.8 Å². The summed E-state index contributed by atoms with van der Waals surface area (Å²) in [4.78, 5) is 35.7. The van der Waals surface area contributed by atoms with Crippen LogP contribution in [0.25, 0.3) is 0 Å². The summed E-state index contributed by atoms with van der Waals surface area (Å²) in [5.74, 6) is -2.13. The van der Waals surface area contributed by atoms with Crippen LogP contribution in [0.3, 0.4) is 0 Å². The van der Waals surface area contributed by atoms with E-state index in [-0.39, 0.29) is 24.7 Å². The number of aliphatic hydroxyl groups is 1. The van der Waals surface area contributed by atoms with Gasteiger partial charge in [0, 0.05) is 12.8 Å². The molecule has 0 saturated heterocycles. The molecule has 1 aromatic rings. The molecule has 25 heavy (non-hydrogen) atoms. The number of carboxylic acids is 1. The van der Waals surface area contributed by atoms with Crippen LogP contribution < -0.4 is 10.6 Å². The number of amides is 2. The van der Waals surface area contributed by atoms with Crippen LogP contribution in [0.2, 0.25) is 0 Å². The van der Waals surface area contributed by atoms with Gasteiger partial charge in [-0.25, -0.2) is 4.79 Å². The molecule has 2 amide bonds. The predicted molar refractivity (Wildman–Crippen MR) is 92.8 cm³/mol. The number of carbonyl (C=O) groups excluding carboxylic acids is 2. The average Bonchev–Trinajstić information content (AvgIpc) is 2.51. The molecule has 0 radical (unpaired) electrons. The number of hydrogen-bond donors (Lipinski definition) is 4. The highest BCUT2D eigenvalue weighted by Gasteiger charge is 2.29. The SMILES string of the molecule is CC(C)CC(=O)N[C@@H](Cc1ccccc1)C(=O)N[C@H](C(=O)O)C(C)O. The molecule has 7 heteroatoms. The molecule has 0 aliphatic carbocycles. The van der Waals surface area contributed by atoms with E-state index in [4.69, 9.17) is 5.11 Å². The summed E-state index contributed by atoms with van der Waals surface area (Å²) >= 11 is 0. The van der Waals surface area contributed by atoms with Gasteiger partial charge in [0.2, 0.25) is 11.8 Å². The van der Waals surface area contributed by atoms with E-state index in [9.17, 15) is 19.5 Å². The Morgan fingerprint density at radius 2 is 1.64 bits per heavy atom. The first-order valence-corrected chi connectivity index (χ1v) is 8.25. The van der Waals surface area contributed by atoms with Crippen LogP contribution in [0.5, 0.6) is 0 Å². The lowest BCUT2D eigenvalue weighted by molar-refractivity contribution is -0.145. The lowest BCUT2D eigenvalue weighted by Crippen LogP contribution is -2.55. The summed E-state index contributed by atoms with van der Waals surface area (Å²) in [6.07, 6.45) is -0.773. The van der Waals surface area contributed by atoms with Gasteiger partial charge in [-0.1, -0.05) is 44.2 Å². The van der Waals surface area contributed by atoms with E-state index in [2.05, 4.69) is 10.6 Å². The van der Waals surface area contributed by atoms with Gasteiger partial charge in [-0.3, -0.25) is 9.59 Å². The highest BCUT2D eigenvalue weighted by molar-refractivity contribution is 5.90. The summed E-state index contributed by atoms with van der Waals surface area (Å²) in [5.41, 5.74) is 0.830. The molecule has 138 valence electrons. The van der Waals surface area contributed by atoms with Crippen LogP contribution >= 0.6 is 0 Å². The maximum Gasteiger partial charge on any atom is 0.328 e. The number of aliphatic carboxylic acids is 1. The first kappa shape index (κ1) is 20.6. The van der Waals surface area contributed by atoms with Crippen molar-refractivity contribution in [2.24, 2.45) is 5.92 Å². The Labute approximate surface area is 147 Å². The Morgan fingerprint density at radius 3 is 2.12 bits per heavy atom. The summed E-state index contributed by atoms with van der Waals surface area (Å²) in [6, 6.07) is 6.74. The first-order valence-electron chi connectivity index (χ1n) is 8.25. The van der Waals surface area contributed by atoms with E-state index < -0.39 is 30.1 Å². The molecule has 0 aliphatic heterocycles. The number of aliphatic hydroxyl groups excluding tert-OH is 1. The Balaban J connectivity index is 2.89. The smallest absolute Gasteiger partial charge is 0.328 e. The highest BCUT2D eigenvalue weighted by atomic mass is 16.4. The van der Waals surface area contributed by atoms with Crippen molar-refractivity contribution in [3.63, 3.8) is 0 Å². The number of carbonyl (C=O) groups is 3. The predicted octanol–water partition coefficient (Wildman–Crippen LogP) is 0.710. The van der Waals surface area contributed by atoms with Crippen molar-refractivity contribution in [3.05, 3.63) is 35.9 Å². The molecule has 0 heterocycles. The fourth-order valence-electron chi connectivity index (χ4n) is 2.33. The molecule has 1 aromatic carbocycles. The third-order valence-corrected chi connectivity index (χ3v) is 3.57. The van der Waals surface area contributed by atoms with Crippen molar-refractivity contribution < 1.29 is 24.6 Å². The maximum absolute atomic E-state index is 12.5. The minimum atomic E-state index is -1.44. The Morgan fingerprint density at radius 1 is 1.04 bits per heavy atom. The molecule has 0 aromatic heterocycles. The van der Waals surface area contributed by atoms with Gasteiger partial charge in [-0.05, 0) is 18.4 Å². The molecule has 1 unspecified atom stereocenters. The van der Waals surface area contributed by atoms with Gasteiger partial charge in [0.15, 0.2) is 6.04 Å². The van der Waals surface area contributed by atoms with Crippen LogP contribution in [-0.4, -0.2) is 46.2 Å². The van der Waals surface area contributed by atoms with Crippen LogP contribution in [0.4, 0.5) is 0 Å². The van der Waals surface area contributed by atoms with E-state index in [1.165, 1.54) is 6.92 Å². The molecule has 0 aliphatic rings. The van der Waals surface area contributed by atoms with Gasteiger partial charge >= 0.3 is 5.97 Å². The molecule has 0 fully saturated rings. The molecular weight excluding hydrogens is 324 g/mol. The van der Waals surface area contributed by atoms with Gasteiger partial charge in [-0.15, -0.1) is 0 Å². The van der Waals surface area contributed by atoms with E-state index in [1.54, 1.807) is 0 Å². The van der Waals surface area contributed by atoms with Gasteiger partial charge in [-0.2, -0.15) is 0 Å². The Bertz CT molecular complexity index is 586. The summed E-state index contributed by atoms with van der Waals surface area (Å²) in [6.45, 7) is 5.06.